The molecule has 0 aliphatic rings. The summed E-state index contributed by atoms with van der Waals surface area (Å²) >= 11 is 0. The van der Waals surface area contributed by atoms with Gasteiger partial charge in [0.1, 0.15) is 12.4 Å². The van der Waals surface area contributed by atoms with Gasteiger partial charge in [0.05, 0.1) is 18.8 Å². The van der Waals surface area contributed by atoms with Crippen LogP contribution in [-0.4, -0.2) is 64.5 Å². The van der Waals surface area contributed by atoms with E-state index in [0.717, 1.165) is 16.8 Å². The van der Waals surface area contributed by atoms with E-state index < -0.39 is 42.4 Å². The summed E-state index contributed by atoms with van der Waals surface area (Å²) in [5.41, 5.74) is 0.0669. The number of fused-ring (bicyclic) bond motifs is 1. The number of nitrogens with one attached hydrogen (secondary N) is 1. The highest BCUT2D eigenvalue weighted by Gasteiger charge is 2.25. The maximum absolute atomic E-state index is 13.9. The van der Waals surface area contributed by atoms with Crippen molar-refractivity contribution >= 4 is 28.6 Å². The number of likely N-dealkylation sites (N-methyl/N-ethyl adjacent to an activating group) is 1. The molecule has 2 atom stereocenters. The minimum atomic E-state index is -1.15. The Morgan fingerprint density at radius 2 is 1.86 bits per heavy atom. The number of ether oxygens (including phenoxy) is 1. The topological polar surface area (TPSA) is 112 Å². The summed E-state index contributed by atoms with van der Waals surface area (Å²) in [5.74, 6) is -2.14. The molecule has 1 unspecified atom stereocenters. The van der Waals surface area contributed by atoms with Crippen molar-refractivity contribution in [3.8, 4) is 0 Å². The van der Waals surface area contributed by atoms with Gasteiger partial charge in [-0.25, -0.2) is 18.6 Å². The Labute approximate surface area is 208 Å². The van der Waals surface area contributed by atoms with Gasteiger partial charge in [0, 0.05) is 25.1 Å². The van der Waals surface area contributed by atoms with E-state index in [1.807, 2.05) is 24.3 Å². The molecule has 8 nitrogen and oxygen atoms in total. The third kappa shape index (κ3) is 7.69. The Kier molecular flexibility index (Phi) is 10.7. The summed E-state index contributed by atoms with van der Waals surface area (Å²) in [5, 5.41) is 23.4. The lowest BCUT2D eigenvalue weighted by Gasteiger charge is -2.29. The first-order chi connectivity index (χ1) is 16.8. The molecule has 0 saturated heterocycles. The molecule has 1 heterocycles. The molecule has 36 heavy (non-hydrogen) atoms. The summed E-state index contributed by atoms with van der Waals surface area (Å²) in [6.45, 7) is -0.812. The number of carbonyl (C=O) groups excluding carboxylic acids is 2. The average molecular weight is 504 g/mol. The van der Waals surface area contributed by atoms with E-state index in [1.165, 1.54) is 24.1 Å². The number of hydrogen-bond acceptors (Lipinski definition) is 6. The first kappa shape index (κ1) is 28.6. The molecule has 0 fully saturated rings. The number of carbonyl (C=O) groups is 2. The molecule has 0 saturated carbocycles. The number of benzene rings is 2. The number of nitrogens with zero attached hydrogens (tertiary/aromatic N) is 2. The Morgan fingerprint density at radius 1 is 1.14 bits per heavy atom. The number of halogens is 2. The molecule has 0 aliphatic heterocycles. The normalized spacial score (nSPS) is 12.4. The molecule has 1 aromatic heterocycles. The monoisotopic (exact) mass is 503 g/mol. The zero-order valence-corrected chi connectivity index (χ0v) is 19.2. The quantitative estimate of drug-likeness (QED) is 0.387. The van der Waals surface area contributed by atoms with Crippen molar-refractivity contribution in [3.05, 3.63) is 71.9 Å². The van der Waals surface area contributed by atoms with Crippen molar-refractivity contribution in [1.29, 1.82) is 0 Å². The van der Waals surface area contributed by atoms with Gasteiger partial charge in [0.15, 0.2) is 11.6 Å². The number of amides is 2. The molecular formula is C26H31F2N3O5. The zero-order chi connectivity index (χ0) is 25.4. The largest absolute Gasteiger partial charge is 0.447 e. The lowest BCUT2D eigenvalue weighted by Crippen LogP contribution is -2.43. The predicted octanol–water partition coefficient (Wildman–Crippen LogP) is 3.90. The van der Waals surface area contributed by atoms with Crippen LogP contribution in [0, 0.1) is 11.6 Å². The molecule has 3 rings (SSSR count). The van der Waals surface area contributed by atoms with Crippen LogP contribution in [-0.2, 0) is 16.0 Å². The van der Waals surface area contributed by atoms with Crippen LogP contribution in [0.5, 0.6) is 0 Å². The standard InChI is InChI=1S/C25H27F2N3O5.CH4/c1-30(23(33)10-9-16-7-4-8-21(26)24(16)27)19(12-20(32)14-31)15-35-25(34)29-22-11-17-5-2-3-6-18(17)13-28-22;/h2-8,11,13,19-20,31-32H,9-10,12,14-15H2,1H3,(H,28,29,34);1H4/t19-,20?;/m0./s1. The highest BCUT2D eigenvalue weighted by atomic mass is 19.2. The van der Waals surface area contributed by atoms with Gasteiger partial charge in [-0.2, -0.15) is 0 Å². The maximum Gasteiger partial charge on any atom is 0.412 e. The molecule has 194 valence electrons. The van der Waals surface area contributed by atoms with Crippen LogP contribution < -0.4 is 5.32 Å². The summed E-state index contributed by atoms with van der Waals surface area (Å²) in [6, 6.07) is 12.2. The number of anilines is 1. The van der Waals surface area contributed by atoms with Crippen LogP contribution in [0.3, 0.4) is 0 Å². The zero-order valence-electron chi connectivity index (χ0n) is 19.2. The number of aliphatic hydroxyl groups excluding tert-OH is 2. The van der Waals surface area contributed by atoms with Crippen molar-refractivity contribution in [3.63, 3.8) is 0 Å². The van der Waals surface area contributed by atoms with Crippen molar-refractivity contribution < 1.29 is 33.3 Å². The first-order valence-electron chi connectivity index (χ1n) is 11.0. The van der Waals surface area contributed by atoms with E-state index in [0.29, 0.717) is 0 Å². The molecular weight excluding hydrogens is 472 g/mol. The molecule has 0 spiro atoms. The number of aromatic nitrogens is 1. The summed E-state index contributed by atoms with van der Waals surface area (Å²) in [6.07, 6.45) is -0.565. The van der Waals surface area contributed by atoms with Gasteiger partial charge in [-0.15, -0.1) is 0 Å². The fourth-order valence-corrected chi connectivity index (χ4v) is 3.55. The Morgan fingerprint density at radius 3 is 2.58 bits per heavy atom. The molecule has 3 N–H and O–H groups in total. The van der Waals surface area contributed by atoms with Crippen LogP contribution >= 0.6 is 0 Å². The van der Waals surface area contributed by atoms with E-state index >= 15 is 0 Å². The summed E-state index contributed by atoms with van der Waals surface area (Å²) in [7, 11) is 1.45. The molecule has 2 amide bonds. The minimum absolute atomic E-state index is 0. The summed E-state index contributed by atoms with van der Waals surface area (Å²) < 4.78 is 32.5. The van der Waals surface area contributed by atoms with Gasteiger partial charge >= 0.3 is 6.09 Å². The second kappa shape index (κ2) is 13.5. The Bertz CT molecular complexity index is 1180. The molecule has 0 bridgehead atoms. The first-order valence-corrected chi connectivity index (χ1v) is 11.0. The van der Waals surface area contributed by atoms with Crippen molar-refractivity contribution in [2.75, 3.05) is 25.6 Å². The molecule has 10 heteroatoms. The van der Waals surface area contributed by atoms with Crippen LogP contribution in [0.4, 0.5) is 19.4 Å². The molecule has 0 aliphatic carbocycles. The van der Waals surface area contributed by atoms with Crippen molar-refractivity contribution in [2.24, 2.45) is 0 Å². The molecule has 2 aromatic carbocycles. The van der Waals surface area contributed by atoms with Gasteiger partial charge in [-0.05, 0) is 35.9 Å². The predicted molar refractivity (Wildman–Crippen MR) is 132 cm³/mol. The van der Waals surface area contributed by atoms with Crippen molar-refractivity contribution in [1.82, 2.24) is 9.88 Å². The number of hydrogen-bond donors (Lipinski definition) is 3. The second-order valence-electron chi connectivity index (χ2n) is 8.08. The van der Waals surface area contributed by atoms with Crippen LogP contribution in [0.25, 0.3) is 10.8 Å². The van der Waals surface area contributed by atoms with E-state index in [2.05, 4.69) is 10.3 Å². The number of aliphatic hydroxyl groups is 2. The Balaban J connectivity index is 0.00000456. The maximum atomic E-state index is 13.9. The van der Waals surface area contributed by atoms with Crippen LogP contribution in [0.15, 0.2) is 54.7 Å². The molecule has 3 aromatic rings. The number of rotatable bonds is 10. The Hall–Kier alpha value is -3.63. The van der Waals surface area contributed by atoms with Gasteiger partial charge < -0.3 is 19.8 Å². The van der Waals surface area contributed by atoms with Gasteiger partial charge in [0.2, 0.25) is 5.91 Å². The smallest absolute Gasteiger partial charge is 0.412 e. The van der Waals surface area contributed by atoms with Gasteiger partial charge in [0.25, 0.3) is 0 Å². The molecule has 0 radical (unpaired) electrons. The van der Waals surface area contributed by atoms with E-state index in [-0.39, 0.29) is 44.7 Å². The highest BCUT2D eigenvalue weighted by Crippen LogP contribution is 2.17. The minimum Gasteiger partial charge on any atom is -0.447 e. The van der Waals surface area contributed by atoms with Gasteiger partial charge in [-0.1, -0.05) is 43.8 Å². The van der Waals surface area contributed by atoms with E-state index in [1.54, 1.807) is 12.3 Å². The van der Waals surface area contributed by atoms with Crippen molar-refractivity contribution in [2.45, 2.75) is 38.8 Å². The fraction of sp³-hybridized carbons (Fsp3) is 0.346. The third-order valence-corrected chi connectivity index (χ3v) is 5.60. The summed E-state index contributed by atoms with van der Waals surface area (Å²) in [4.78, 5) is 30.4. The van der Waals surface area contributed by atoms with Crippen LogP contribution in [0.1, 0.15) is 25.8 Å². The third-order valence-electron chi connectivity index (χ3n) is 5.60. The number of aryl methyl sites for hydroxylation is 1. The second-order valence-corrected chi connectivity index (χ2v) is 8.08. The van der Waals surface area contributed by atoms with E-state index in [9.17, 15) is 28.6 Å². The van der Waals surface area contributed by atoms with E-state index in [4.69, 9.17) is 4.74 Å². The lowest BCUT2D eigenvalue weighted by molar-refractivity contribution is -0.133. The highest BCUT2D eigenvalue weighted by molar-refractivity contribution is 5.89. The SMILES string of the molecule is C.CN(C(=O)CCc1cccc(F)c1F)[C@H](COC(=O)Nc1cc2ccccc2cn1)CC(O)CO. The average Bonchev–Trinajstić information content (AvgIpc) is 2.86. The van der Waals surface area contributed by atoms with Crippen LogP contribution in [0.2, 0.25) is 0 Å². The lowest BCUT2D eigenvalue weighted by atomic mass is 10.1. The fourth-order valence-electron chi connectivity index (χ4n) is 3.55. The van der Waals surface area contributed by atoms with Gasteiger partial charge in [-0.3, -0.25) is 10.1 Å². The number of pyridine rings is 1.